The maximum Gasteiger partial charge on any atom is 0.278 e. The molecule has 2 aliphatic rings. The van der Waals surface area contributed by atoms with Crippen LogP contribution >= 0.6 is 0 Å². The maximum absolute atomic E-state index is 13.9. The number of hydrogen-bond acceptors (Lipinski definition) is 5. The van der Waals surface area contributed by atoms with E-state index in [1.165, 1.54) is 10.9 Å². The van der Waals surface area contributed by atoms with Crippen LogP contribution in [0.2, 0.25) is 0 Å². The van der Waals surface area contributed by atoms with Gasteiger partial charge in [0.05, 0.1) is 5.56 Å². The number of benzene rings is 1. The highest BCUT2D eigenvalue weighted by Crippen LogP contribution is 2.31. The Labute approximate surface area is 188 Å². The molecule has 176 valence electrons. The fraction of sp³-hybridized carbons (Fsp3) is 0.435. The van der Waals surface area contributed by atoms with Crippen molar-refractivity contribution in [2.24, 2.45) is 5.92 Å². The van der Waals surface area contributed by atoms with Gasteiger partial charge in [-0.05, 0) is 32.1 Å². The van der Waals surface area contributed by atoms with Gasteiger partial charge in [0.1, 0.15) is 23.6 Å². The number of piperidine rings is 1. The van der Waals surface area contributed by atoms with E-state index in [-0.39, 0.29) is 17.4 Å². The fourth-order valence-electron chi connectivity index (χ4n) is 4.64. The molecule has 0 radical (unpaired) electrons. The van der Waals surface area contributed by atoms with E-state index >= 15 is 0 Å². The Morgan fingerprint density at radius 2 is 1.85 bits per heavy atom. The van der Waals surface area contributed by atoms with E-state index in [0.29, 0.717) is 37.6 Å². The number of amides is 1. The van der Waals surface area contributed by atoms with Gasteiger partial charge in [0, 0.05) is 43.4 Å². The normalized spacial score (nSPS) is 20.0. The Hall–Kier alpha value is -3.30. The second-order valence-corrected chi connectivity index (χ2v) is 8.55. The zero-order valence-corrected chi connectivity index (χ0v) is 18.3. The number of aromatic hydroxyl groups is 1. The van der Waals surface area contributed by atoms with Crippen LogP contribution in [0.25, 0.3) is 0 Å². The van der Waals surface area contributed by atoms with Crippen molar-refractivity contribution >= 4 is 11.7 Å². The lowest BCUT2D eigenvalue weighted by atomic mass is 9.95. The van der Waals surface area contributed by atoms with Gasteiger partial charge < -0.3 is 10.0 Å². The van der Waals surface area contributed by atoms with Gasteiger partial charge in [-0.15, -0.1) is 0 Å². The number of ketones is 1. The molecular weight excluding hydrogens is 439 g/mol. The predicted octanol–water partition coefficient (Wildman–Crippen LogP) is 2.96. The van der Waals surface area contributed by atoms with Crippen molar-refractivity contribution in [1.29, 1.82) is 0 Å². The number of Topliss-reactive ketones (excluding diaryl/α,β-unsaturated/α-hetero) is 1. The number of aromatic nitrogens is 1. The third-order valence-corrected chi connectivity index (χ3v) is 6.42. The molecule has 1 saturated heterocycles. The van der Waals surface area contributed by atoms with Gasteiger partial charge >= 0.3 is 0 Å². The molecular formula is C23H24F3N3O4. The SMILES string of the molecule is CCN1C(=O)c2c(O)c(=O)c(C(=O)CCc3c(F)cc(F)cc3F)cn2N2CC[C@@H](C)C[C@@H]12. The number of fused-ring (bicyclic) bond motifs is 3. The molecule has 0 saturated carbocycles. The van der Waals surface area contributed by atoms with Gasteiger partial charge in [-0.25, -0.2) is 13.2 Å². The van der Waals surface area contributed by atoms with Crippen molar-refractivity contribution in [3.63, 3.8) is 0 Å². The summed E-state index contributed by atoms with van der Waals surface area (Å²) in [7, 11) is 0. The Morgan fingerprint density at radius 1 is 1.18 bits per heavy atom. The van der Waals surface area contributed by atoms with Crippen molar-refractivity contribution in [2.45, 2.75) is 45.7 Å². The summed E-state index contributed by atoms with van der Waals surface area (Å²) in [6, 6.07) is 1.04. The first-order valence-electron chi connectivity index (χ1n) is 10.9. The number of carbonyl (C=O) groups excluding carboxylic acids is 2. The van der Waals surface area contributed by atoms with E-state index in [0.717, 1.165) is 6.42 Å². The molecule has 0 aliphatic carbocycles. The first kappa shape index (κ1) is 22.9. The number of carbonyl (C=O) groups is 2. The molecule has 4 rings (SSSR count). The van der Waals surface area contributed by atoms with Gasteiger partial charge in [0.25, 0.3) is 5.91 Å². The summed E-state index contributed by atoms with van der Waals surface area (Å²) in [5.74, 6) is -5.04. The average molecular weight is 463 g/mol. The largest absolute Gasteiger partial charge is 0.502 e. The first-order chi connectivity index (χ1) is 15.6. The van der Waals surface area contributed by atoms with E-state index in [1.54, 1.807) is 4.90 Å². The number of pyridine rings is 1. The Morgan fingerprint density at radius 3 is 2.48 bits per heavy atom. The minimum absolute atomic E-state index is 0.208. The highest BCUT2D eigenvalue weighted by atomic mass is 19.1. The van der Waals surface area contributed by atoms with Crippen LogP contribution in [0.5, 0.6) is 5.75 Å². The van der Waals surface area contributed by atoms with E-state index in [9.17, 15) is 32.7 Å². The lowest BCUT2D eigenvalue weighted by Gasteiger charge is -2.50. The van der Waals surface area contributed by atoms with Crippen molar-refractivity contribution in [3.8, 4) is 5.75 Å². The summed E-state index contributed by atoms with van der Waals surface area (Å²) in [5.41, 5.74) is -2.07. The minimum Gasteiger partial charge on any atom is -0.502 e. The van der Waals surface area contributed by atoms with Crippen LogP contribution in [0, 0.1) is 23.4 Å². The first-order valence-corrected chi connectivity index (χ1v) is 10.9. The van der Waals surface area contributed by atoms with Crippen LogP contribution in [0.1, 0.15) is 59.5 Å². The van der Waals surface area contributed by atoms with Gasteiger partial charge in [-0.3, -0.25) is 24.1 Å². The predicted molar refractivity (Wildman–Crippen MR) is 113 cm³/mol. The molecule has 1 amide bonds. The smallest absolute Gasteiger partial charge is 0.278 e. The standard InChI is InChI=1S/C23H24F3N3O4/c1-3-27-19-8-12(2)6-7-28(19)29-11-15(21(31)22(32)20(29)23(27)33)18(30)5-4-14-16(25)9-13(24)10-17(14)26/h9-12,19,32H,3-8H2,1-2H3/t12-,19+/m1/s1. The lowest BCUT2D eigenvalue weighted by molar-refractivity contribution is 0.0496. The molecule has 1 aromatic carbocycles. The Balaban J connectivity index is 1.70. The van der Waals surface area contributed by atoms with Crippen molar-refractivity contribution < 1.29 is 27.9 Å². The molecule has 7 nitrogen and oxygen atoms in total. The van der Waals surface area contributed by atoms with Crippen LogP contribution in [0.15, 0.2) is 23.1 Å². The topological polar surface area (TPSA) is 82.9 Å². The third-order valence-electron chi connectivity index (χ3n) is 6.42. The second-order valence-electron chi connectivity index (χ2n) is 8.55. The molecule has 0 bridgehead atoms. The zero-order chi connectivity index (χ0) is 24.0. The van der Waals surface area contributed by atoms with Crippen molar-refractivity contribution in [1.82, 2.24) is 9.58 Å². The Kier molecular flexibility index (Phi) is 5.94. The molecule has 2 aliphatic heterocycles. The molecule has 1 N–H and O–H groups in total. The summed E-state index contributed by atoms with van der Waals surface area (Å²) in [6.07, 6.45) is 1.62. The lowest BCUT2D eigenvalue weighted by Crippen LogP contribution is -2.63. The zero-order valence-electron chi connectivity index (χ0n) is 18.3. The molecule has 3 heterocycles. The monoisotopic (exact) mass is 463 g/mol. The summed E-state index contributed by atoms with van der Waals surface area (Å²) < 4.78 is 42.3. The number of hydrogen-bond donors (Lipinski definition) is 1. The second kappa shape index (κ2) is 8.57. The quantitative estimate of drug-likeness (QED) is 0.690. The van der Waals surface area contributed by atoms with E-state index in [4.69, 9.17) is 0 Å². The third kappa shape index (κ3) is 3.87. The van der Waals surface area contributed by atoms with Crippen LogP contribution in [-0.2, 0) is 6.42 Å². The number of rotatable bonds is 5. The highest BCUT2D eigenvalue weighted by Gasteiger charge is 2.42. The number of halogens is 3. The van der Waals surface area contributed by atoms with Crippen molar-refractivity contribution in [2.75, 3.05) is 18.1 Å². The van der Waals surface area contributed by atoms with Gasteiger partial charge in [-0.1, -0.05) is 6.92 Å². The van der Waals surface area contributed by atoms with E-state index < -0.39 is 58.7 Å². The van der Waals surface area contributed by atoms with Gasteiger partial charge in [0.15, 0.2) is 17.2 Å². The fourth-order valence-corrected chi connectivity index (χ4v) is 4.64. The minimum atomic E-state index is -1.12. The molecule has 2 aromatic rings. The highest BCUT2D eigenvalue weighted by molar-refractivity contribution is 6.00. The molecule has 2 atom stereocenters. The maximum atomic E-state index is 13.9. The van der Waals surface area contributed by atoms with Crippen LogP contribution in [-0.4, -0.2) is 45.6 Å². The number of nitrogens with zero attached hydrogens (tertiary/aromatic N) is 3. The molecule has 1 aromatic heterocycles. The van der Waals surface area contributed by atoms with Gasteiger partial charge in [0.2, 0.25) is 5.43 Å². The summed E-state index contributed by atoms with van der Waals surface area (Å²) >= 11 is 0. The Bertz CT molecular complexity index is 1170. The average Bonchev–Trinajstić information content (AvgIpc) is 2.75. The van der Waals surface area contributed by atoms with Crippen molar-refractivity contribution in [3.05, 3.63) is 62.8 Å². The molecule has 33 heavy (non-hydrogen) atoms. The van der Waals surface area contributed by atoms with E-state index in [2.05, 4.69) is 6.92 Å². The summed E-state index contributed by atoms with van der Waals surface area (Å²) in [4.78, 5) is 40.2. The van der Waals surface area contributed by atoms with Crippen LogP contribution in [0.3, 0.4) is 0 Å². The molecule has 10 heteroatoms. The molecule has 0 spiro atoms. The molecule has 1 fully saturated rings. The molecule has 0 unspecified atom stereocenters. The van der Waals surface area contributed by atoms with Crippen LogP contribution < -0.4 is 10.4 Å². The summed E-state index contributed by atoms with van der Waals surface area (Å²) in [6.45, 7) is 4.82. The summed E-state index contributed by atoms with van der Waals surface area (Å²) in [5, 5.41) is 12.4. The van der Waals surface area contributed by atoms with Gasteiger partial charge in [-0.2, -0.15) is 0 Å². The van der Waals surface area contributed by atoms with E-state index in [1.807, 2.05) is 11.9 Å². The van der Waals surface area contributed by atoms with Crippen LogP contribution in [0.4, 0.5) is 13.2 Å².